The molecule has 6 nitrogen and oxygen atoms in total. The van der Waals surface area contributed by atoms with E-state index in [2.05, 4.69) is 10.3 Å². The van der Waals surface area contributed by atoms with Gasteiger partial charge in [-0.05, 0) is 6.07 Å². The van der Waals surface area contributed by atoms with Crippen molar-refractivity contribution in [1.82, 2.24) is 10.3 Å². The third kappa shape index (κ3) is 1.78. The molecule has 0 aliphatic heterocycles. The Morgan fingerprint density at radius 3 is 2.92 bits per heavy atom. The minimum Gasteiger partial charge on any atom is -0.354 e. The fraction of sp³-hybridized carbons (Fsp3) is 0.143. The molecule has 0 atom stereocenters. The summed E-state index contributed by atoms with van der Waals surface area (Å²) in [5, 5.41) is 12.7. The lowest BCUT2D eigenvalue weighted by molar-refractivity contribution is -0.385. The van der Waals surface area contributed by atoms with Gasteiger partial charge in [0, 0.05) is 19.3 Å². The molecule has 1 rings (SSSR count). The largest absolute Gasteiger partial charge is 0.354 e. The first kappa shape index (κ1) is 9.11. The first-order valence-electron chi connectivity index (χ1n) is 3.48. The molecule has 0 spiro atoms. The number of rotatable bonds is 2. The summed E-state index contributed by atoms with van der Waals surface area (Å²) in [7, 11) is 1.39. The van der Waals surface area contributed by atoms with Crippen molar-refractivity contribution in [1.29, 1.82) is 0 Å². The Balaban J connectivity index is 3.19. The number of nitrogens with zero attached hydrogens (tertiary/aromatic N) is 2. The highest BCUT2D eigenvalue weighted by atomic mass is 16.6. The van der Waals surface area contributed by atoms with Gasteiger partial charge in [0.1, 0.15) is 0 Å². The highest BCUT2D eigenvalue weighted by Gasteiger charge is 2.19. The second-order valence-electron chi connectivity index (χ2n) is 2.21. The number of carbonyl (C=O) groups is 1. The molecule has 0 saturated carbocycles. The van der Waals surface area contributed by atoms with Gasteiger partial charge in [-0.25, -0.2) is 4.98 Å². The van der Waals surface area contributed by atoms with Crippen molar-refractivity contribution in [2.45, 2.75) is 0 Å². The summed E-state index contributed by atoms with van der Waals surface area (Å²) in [6.45, 7) is 0. The van der Waals surface area contributed by atoms with Gasteiger partial charge in [-0.3, -0.25) is 14.9 Å². The molecule has 0 aliphatic rings. The van der Waals surface area contributed by atoms with Gasteiger partial charge in [0.05, 0.1) is 4.92 Å². The number of hydrogen-bond donors (Lipinski definition) is 1. The zero-order valence-corrected chi connectivity index (χ0v) is 6.85. The highest BCUT2D eigenvalue weighted by Crippen LogP contribution is 2.13. The Labute approximate surface area is 73.7 Å². The predicted octanol–water partition coefficient (Wildman–Crippen LogP) is 0.349. The summed E-state index contributed by atoms with van der Waals surface area (Å²) in [5.41, 5.74) is -0.461. The topological polar surface area (TPSA) is 85.1 Å². The van der Waals surface area contributed by atoms with E-state index in [0.29, 0.717) is 0 Å². The zero-order chi connectivity index (χ0) is 9.84. The van der Waals surface area contributed by atoms with Crippen molar-refractivity contribution in [2.24, 2.45) is 0 Å². The fourth-order valence-electron chi connectivity index (χ4n) is 0.837. The summed E-state index contributed by atoms with van der Waals surface area (Å²) in [4.78, 5) is 24.5. The first-order chi connectivity index (χ1) is 6.16. The molecule has 0 saturated heterocycles. The van der Waals surface area contributed by atoms with Crippen LogP contribution in [-0.2, 0) is 0 Å². The van der Waals surface area contributed by atoms with E-state index in [1.165, 1.54) is 25.4 Å². The van der Waals surface area contributed by atoms with Crippen molar-refractivity contribution in [3.63, 3.8) is 0 Å². The minimum atomic E-state index is -0.641. The first-order valence-corrected chi connectivity index (χ1v) is 3.48. The van der Waals surface area contributed by atoms with E-state index in [1.54, 1.807) is 0 Å². The molecular formula is C7H7N3O3. The summed E-state index contributed by atoms with van der Waals surface area (Å²) in [6, 6.07) is 2.64. The van der Waals surface area contributed by atoms with Crippen LogP contribution in [0.1, 0.15) is 10.5 Å². The number of amides is 1. The lowest BCUT2D eigenvalue weighted by Crippen LogP contribution is -2.20. The van der Waals surface area contributed by atoms with Crippen LogP contribution >= 0.6 is 0 Å². The van der Waals surface area contributed by atoms with Crippen LogP contribution in [0.15, 0.2) is 18.3 Å². The Morgan fingerprint density at radius 2 is 2.38 bits per heavy atom. The van der Waals surface area contributed by atoms with Crippen LogP contribution in [0.3, 0.4) is 0 Å². The molecule has 0 aromatic carbocycles. The van der Waals surface area contributed by atoms with Crippen molar-refractivity contribution in [2.75, 3.05) is 7.05 Å². The Bertz CT molecular complexity index is 351. The Hall–Kier alpha value is -1.98. The number of pyridine rings is 1. The van der Waals surface area contributed by atoms with E-state index in [9.17, 15) is 14.9 Å². The SMILES string of the molecule is CNC(=O)c1ncccc1[N+](=O)[O-]. The van der Waals surface area contributed by atoms with Gasteiger partial charge in [0.2, 0.25) is 5.69 Å². The van der Waals surface area contributed by atoms with Crippen LogP contribution in [0.2, 0.25) is 0 Å². The standard InChI is InChI=1S/C7H7N3O3/c1-8-7(11)6-5(10(12)13)3-2-4-9-6/h2-4H,1H3,(H,8,11). The molecule has 0 radical (unpaired) electrons. The third-order valence-corrected chi connectivity index (χ3v) is 1.43. The normalized spacial score (nSPS) is 9.31. The van der Waals surface area contributed by atoms with Crippen molar-refractivity contribution in [3.8, 4) is 0 Å². The molecule has 0 bridgehead atoms. The van der Waals surface area contributed by atoms with Crippen LogP contribution in [0, 0.1) is 10.1 Å². The monoisotopic (exact) mass is 181 g/mol. The average molecular weight is 181 g/mol. The molecule has 13 heavy (non-hydrogen) atoms. The maximum Gasteiger partial charge on any atom is 0.300 e. The molecule has 0 unspecified atom stereocenters. The maximum absolute atomic E-state index is 11.1. The summed E-state index contributed by atoms with van der Waals surface area (Å²) >= 11 is 0. The maximum atomic E-state index is 11.1. The van der Waals surface area contributed by atoms with E-state index >= 15 is 0 Å². The van der Waals surface area contributed by atoms with Crippen molar-refractivity contribution >= 4 is 11.6 Å². The fourth-order valence-corrected chi connectivity index (χ4v) is 0.837. The van der Waals surface area contributed by atoms with Crippen LogP contribution in [-0.4, -0.2) is 22.9 Å². The van der Waals surface area contributed by atoms with Gasteiger partial charge < -0.3 is 5.32 Å². The summed E-state index contributed by atoms with van der Waals surface area (Å²) in [6.07, 6.45) is 1.33. The lowest BCUT2D eigenvalue weighted by Gasteiger charge is -1.98. The lowest BCUT2D eigenvalue weighted by atomic mass is 10.3. The van der Waals surface area contributed by atoms with E-state index in [-0.39, 0.29) is 11.4 Å². The van der Waals surface area contributed by atoms with Gasteiger partial charge in [-0.15, -0.1) is 0 Å². The van der Waals surface area contributed by atoms with E-state index in [4.69, 9.17) is 0 Å². The molecule has 68 valence electrons. The molecule has 1 aromatic rings. The van der Waals surface area contributed by atoms with E-state index < -0.39 is 10.8 Å². The molecule has 0 aliphatic carbocycles. The smallest absolute Gasteiger partial charge is 0.300 e. The van der Waals surface area contributed by atoms with Gasteiger partial charge in [-0.1, -0.05) is 0 Å². The van der Waals surface area contributed by atoms with Gasteiger partial charge in [0.25, 0.3) is 5.91 Å². The van der Waals surface area contributed by atoms with Crippen LogP contribution < -0.4 is 5.32 Å². The third-order valence-electron chi connectivity index (χ3n) is 1.43. The second kappa shape index (κ2) is 3.61. The van der Waals surface area contributed by atoms with Gasteiger partial charge >= 0.3 is 5.69 Å². The molecule has 1 amide bonds. The van der Waals surface area contributed by atoms with E-state index in [0.717, 1.165) is 0 Å². The predicted molar refractivity (Wildman–Crippen MR) is 44.3 cm³/mol. The molecule has 1 aromatic heterocycles. The summed E-state index contributed by atoms with van der Waals surface area (Å²) < 4.78 is 0. The minimum absolute atomic E-state index is 0.171. The zero-order valence-electron chi connectivity index (χ0n) is 6.85. The Morgan fingerprint density at radius 1 is 1.69 bits per heavy atom. The number of carbonyl (C=O) groups excluding carboxylic acids is 1. The van der Waals surface area contributed by atoms with Crippen molar-refractivity contribution < 1.29 is 9.72 Å². The van der Waals surface area contributed by atoms with E-state index in [1.807, 2.05) is 0 Å². The number of nitrogens with one attached hydrogen (secondary N) is 1. The molecular weight excluding hydrogens is 174 g/mol. The molecule has 0 fully saturated rings. The average Bonchev–Trinajstić information content (AvgIpc) is 2.16. The van der Waals surface area contributed by atoms with Crippen LogP contribution in [0.4, 0.5) is 5.69 Å². The highest BCUT2D eigenvalue weighted by molar-refractivity contribution is 5.95. The number of aromatic nitrogens is 1. The van der Waals surface area contributed by atoms with Crippen molar-refractivity contribution in [3.05, 3.63) is 34.1 Å². The molecule has 1 N–H and O–H groups in total. The number of hydrogen-bond acceptors (Lipinski definition) is 4. The quantitative estimate of drug-likeness (QED) is 0.526. The number of nitro groups is 1. The van der Waals surface area contributed by atoms with Crippen LogP contribution in [0.25, 0.3) is 0 Å². The summed E-state index contributed by atoms with van der Waals surface area (Å²) in [5.74, 6) is -0.563. The van der Waals surface area contributed by atoms with Crippen LogP contribution in [0.5, 0.6) is 0 Å². The van der Waals surface area contributed by atoms with Gasteiger partial charge in [0.15, 0.2) is 0 Å². The van der Waals surface area contributed by atoms with Gasteiger partial charge in [-0.2, -0.15) is 0 Å². The molecule has 6 heteroatoms. The molecule has 1 heterocycles. The second-order valence-corrected chi connectivity index (χ2v) is 2.21. The Kier molecular flexibility index (Phi) is 2.53.